The molecule has 0 spiro atoms. The number of ether oxygens (including phenoxy) is 2. The lowest BCUT2D eigenvalue weighted by molar-refractivity contribution is -0.115. The molecule has 5 nitrogen and oxygen atoms in total. The maximum atomic E-state index is 11.6. The Labute approximate surface area is 133 Å². The Balaban J connectivity index is 2.39. The van der Waals surface area contributed by atoms with Crippen LogP contribution in [-0.2, 0) is 4.79 Å². The highest BCUT2D eigenvalue weighted by Crippen LogP contribution is 2.37. The highest BCUT2D eigenvalue weighted by Gasteiger charge is 2.20. The Morgan fingerprint density at radius 3 is 2.52 bits per heavy atom. The van der Waals surface area contributed by atoms with Crippen LogP contribution < -0.4 is 20.1 Å². The van der Waals surface area contributed by atoms with E-state index in [4.69, 9.17) is 33.3 Å². The summed E-state index contributed by atoms with van der Waals surface area (Å²) < 4.78 is 11.0. The molecule has 1 fully saturated rings. The highest BCUT2D eigenvalue weighted by molar-refractivity contribution is 7.80. The Morgan fingerprint density at radius 2 is 1.95 bits per heavy atom. The number of carbonyl (C=O) groups is 1. The van der Waals surface area contributed by atoms with E-state index in [1.54, 1.807) is 18.2 Å². The number of hydrogen-bond donors (Lipinski definition) is 2. The molecule has 0 unspecified atom stereocenters. The topological polar surface area (TPSA) is 59.6 Å². The zero-order chi connectivity index (χ0) is 15.4. The maximum Gasteiger partial charge on any atom is 0.273 e. The molecule has 0 aromatic heterocycles. The van der Waals surface area contributed by atoms with Gasteiger partial charge in [-0.15, -0.1) is 0 Å². The van der Waals surface area contributed by atoms with E-state index in [9.17, 15) is 4.79 Å². The number of benzene rings is 1. The highest BCUT2D eigenvalue weighted by atomic mass is 35.5. The molecule has 2 rings (SSSR count). The molecular weight excluding hydrogens is 312 g/mol. The summed E-state index contributed by atoms with van der Waals surface area (Å²) in [5.41, 5.74) is 1.08. The molecule has 112 valence electrons. The first-order chi connectivity index (χ1) is 10.0. The molecule has 0 bridgehead atoms. The molecule has 1 aliphatic heterocycles. The summed E-state index contributed by atoms with van der Waals surface area (Å²) in [6.07, 6.45) is 1.65. The third-order valence-electron chi connectivity index (χ3n) is 2.65. The second-order valence-electron chi connectivity index (χ2n) is 4.16. The van der Waals surface area contributed by atoms with Gasteiger partial charge in [-0.3, -0.25) is 10.1 Å². The molecule has 1 aromatic carbocycles. The van der Waals surface area contributed by atoms with Gasteiger partial charge in [0.15, 0.2) is 16.6 Å². The summed E-state index contributed by atoms with van der Waals surface area (Å²) in [5, 5.41) is 5.99. The zero-order valence-electron chi connectivity index (χ0n) is 11.7. The van der Waals surface area contributed by atoms with Crippen LogP contribution in [0.3, 0.4) is 0 Å². The minimum absolute atomic E-state index is 0.275. The van der Waals surface area contributed by atoms with Crippen molar-refractivity contribution < 1.29 is 14.3 Å². The van der Waals surface area contributed by atoms with Crippen LogP contribution in [0.4, 0.5) is 0 Å². The average Bonchev–Trinajstić information content (AvgIpc) is 2.72. The molecule has 1 heterocycles. The third-order valence-corrected chi connectivity index (χ3v) is 3.14. The Kier molecular flexibility index (Phi) is 5.03. The van der Waals surface area contributed by atoms with Gasteiger partial charge in [0.2, 0.25) is 0 Å². The van der Waals surface area contributed by atoms with Crippen LogP contribution in [0.1, 0.15) is 19.4 Å². The first-order valence-electron chi connectivity index (χ1n) is 6.48. The average molecular weight is 327 g/mol. The van der Waals surface area contributed by atoms with Crippen molar-refractivity contribution in [3.8, 4) is 11.5 Å². The molecule has 0 radical (unpaired) electrons. The summed E-state index contributed by atoms with van der Waals surface area (Å²) in [6, 6.07) is 3.47. The van der Waals surface area contributed by atoms with Crippen molar-refractivity contribution >= 4 is 40.9 Å². The van der Waals surface area contributed by atoms with E-state index >= 15 is 0 Å². The summed E-state index contributed by atoms with van der Waals surface area (Å²) in [6.45, 7) is 4.71. The van der Waals surface area contributed by atoms with Gasteiger partial charge in [0.1, 0.15) is 5.70 Å². The van der Waals surface area contributed by atoms with Crippen LogP contribution in [-0.4, -0.2) is 24.2 Å². The van der Waals surface area contributed by atoms with Gasteiger partial charge in [-0.1, -0.05) is 11.6 Å². The van der Waals surface area contributed by atoms with E-state index in [0.717, 1.165) is 0 Å². The Hall–Kier alpha value is -1.79. The van der Waals surface area contributed by atoms with E-state index in [1.807, 2.05) is 13.8 Å². The van der Waals surface area contributed by atoms with Gasteiger partial charge in [-0.25, -0.2) is 0 Å². The number of thiocarbonyl (C=S) groups is 1. The lowest BCUT2D eigenvalue weighted by Crippen LogP contribution is -2.21. The summed E-state index contributed by atoms with van der Waals surface area (Å²) in [7, 11) is 0. The van der Waals surface area contributed by atoms with Gasteiger partial charge in [-0.2, -0.15) is 0 Å². The van der Waals surface area contributed by atoms with E-state index in [1.165, 1.54) is 0 Å². The van der Waals surface area contributed by atoms with Crippen LogP contribution in [0.5, 0.6) is 11.5 Å². The van der Waals surface area contributed by atoms with Gasteiger partial charge in [0.05, 0.1) is 18.2 Å². The normalized spacial score (nSPS) is 15.9. The van der Waals surface area contributed by atoms with Crippen LogP contribution in [0.15, 0.2) is 17.8 Å². The molecule has 0 aliphatic carbocycles. The van der Waals surface area contributed by atoms with E-state index in [-0.39, 0.29) is 11.0 Å². The molecule has 1 amide bonds. The van der Waals surface area contributed by atoms with E-state index in [2.05, 4.69) is 10.6 Å². The van der Waals surface area contributed by atoms with Gasteiger partial charge >= 0.3 is 0 Å². The van der Waals surface area contributed by atoms with Crippen molar-refractivity contribution in [3.05, 3.63) is 28.4 Å². The number of amides is 1. The largest absolute Gasteiger partial charge is 0.490 e. The summed E-state index contributed by atoms with van der Waals surface area (Å²) in [5.74, 6) is 0.769. The minimum atomic E-state index is -0.275. The van der Waals surface area contributed by atoms with Gasteiger partial charge in [0.25, 0.3) is 5.91 Å². The minimum Gasteiger partial charge on any atom is -0.490 e. The lowest BCUT2D eigenvalue weighted by atomic mass is 10.1. The SMILES string of the molecule is CCOc1cc(/C=C2\NC(=S)NC2=O)cc(Cl)c1OCC. The van der Waals surface area contributed by atoms with Crippen molar-refractivity contribution in [3.63, 3.8) is 0 Å². The number of halogens is 1. The van der Waals surface area contributed by atoms with Gasteiger partial charge in [-0.05, 0) is 49.8 Å². The molecule has 1 aliphatic rings. The molecule has 7 heteroatoms. The summed E-state index contributed by atoms with van der Waals surface area (Å²) in [4.78, 5) is 11.6. The number of rotatable bonds is 5. The van der Waals surface area contributed by atoms with Crippen LogP contribution in [0.25, 0.3) is 6.08 Å². The second-order valence-corrected chi connectivity index (χ2v) is 4.98. The van der Waals surface area contributed by atoms with Crippen LogP contribution >= 0.6 is 23.8 Å². The molecule has 1 saturated heterocycles. The number of hydrogen-bond acceptors (Lipinski definition) is 4. The van der Waals surface area contributed by atoms with Crippen molar-refractivity contribution in [2.24, 2.45) is 0 Å². The van der Waals surface area contributed by atoms with E-state index < -0.39 is 0 Å². The van der Waals surface area contributed by atoms with Gasteiger partial charge < -0.3 is 14.8 Å². The first kappa shape index (κ1) is 15.6. The number of nitrogens with one attached hydrogen (secondary N) is 2. The van der Waals surface area contributed by atoms with Crippen molar-refractivity contribution in [1.82, 2.24) is 10.6 Å². The monoisotopic (exact) mass is 326 g/mol. The van der Waals surface area contributed by atoms with Crippen LogP contribution in [0.2, 0.25) is 5.02 Å². The fourth-order valence-corrected chi connectivity index (χ4v) is 2.34. The van der Waals surface area contributed by atoms with Gasteiger partial charge in [0, 0.05) is 0 Å². The van der Waals surface area contributed by atoms with Crippen LogP contribution in [0, 0.1) is 0 Å². The fourth-order valence-electron chi connectivity index (χ4n) is 1.87. The maximum absolute atomic E-state index is 11.6. The van der Waals surface area contributed by atoms with Crippen molar-refractivity contribution in [2.45, 2.75) is 13.8 Å². The smallest absolute Gasteiger partial charge is 0.273 e. The Morgan fingerprint density at radius 1 is 1.24 bits per heavy atom. The first-order valence-corrected chi connectivity index (χ1v) is 7.27. The molecule has 21 heavy (non-hydrogen) atoms. The predicted molar refractivity (Wildman–Crippen MR) is 85.6 cm³/mol. The second kappa shape index (κ2) is 6.78. The molecular formula is C14H15ClN2O3S. The quantitative estimate of drug-likeness (QED) is 0.643. The third kappa shape index (κ3) is 3.65. The molecule has 1 aromatic rings. The van der Waals surface area contributed by atoms with Crippen molar-refractivity contribution in [2.75, 3.05) is 13.2 Å². The zero-order valence-corrected chi connectivity index (χ0v) is 13.2. The lowest BCUT2D eigenvalue weighted by Gasteiger charge is -2.13. The standard InChI is InChI=1S/C14H15ClN2O3S/c1-3-19-11-7-8(5-9(15)12(11)20-4-2)6-10-13(18)17-14(21)16-10/h5-7H,3-4H2,1-2H3,(H2,16,17,18,21)/b10-6-. The number of carbonyl (C=O) groups excluding carboxylic acids is 1. The fraction of sp³-hybridized carbons (Fsp3) is 0.286. The molecule has 0 atom stereocenters. The Bertz CT molecular complexity index is 616. The molecule has 0 saturated carbocycles. The predicted octanol–water partition coefficient (Wildman–Crippen LogP) is 2.48. The summed E-state index contributed by atoms with van der Waals surface area (Å²) >= 11 is 11.1. The van der Waals surface area contributed by atoms with E-state index in [0.29, 0.717) is 41.0 Å². The molecule has 2 N–H and O–H groups in total. The van der Waals surface area contributed by atoms with Crippen molar-refractivity contribution in [1.29, 1.82) is 0 Å².